The van der Waals surface area contributed by atoms with Crippen molar-refractivity contribution in [1.29, 1.82) is 0 Å². The number of hydrogen-bond acceptors (Lipinski definition) is 1. The van der Waals surface area contributed by atoms with E-state index in [1.807, 2.05) is 19.1 Å². The van der Waals surface area contributed by atoms with E-state index >= 15 is 0 Å². The number of fused-ring (bicyclic) bond motifs is 1. The quantitative estimate of drug-likeness (QED) is 0.677. The van der Waals surface area contributed by atoms with Crippen molar-refractivity contribution in [3.63, 3.8) is 0 Å². The van der Waals surface area contributed by atoms with Gasteiger partial charge in [-0.05, 0) is 42.0 Å². The molecule has 0 saturated heterocycles. The van der Waals surface area contributed by atoms with Gasteiger partial charge in [0.2, 0.25) is 0 Å². The number of rotatable bonds is 0. The van der Waals surface area contributed by atoms with Crippen molar-refractivity contribution in [3.05, 3.63) is 33.8 Å². The third kappa shape index (κ3) is 1.36. The van der Waals surface area contributed by atoms with Gasteiger partial charge in [0.05, 0.1) is 6.10 Å². The number of aliphatic hydroxyl groups is 1. The fourth-order valence-electron chi connectivity index (χ4n) is 2.02. The van der Waals surface area contributed by atoms with E-state index in [9.17, 15) is 5.11 Å². The Bertz CT molecular complexity index is 346. The molecule has 70 valence electrons. The highest BCUT2D eigenvalue weighted by atomic mass is 35.5. The molecular weight excluding hydrogens is 184 g/mol. The Morgan fingerprint density at radius 1 is 1.46 bits per heavy atom. The summed E-state index contributed by atoms with van der Waals surface area (Å²) in [4.78, 5) is 0. The minimum absolute atomic E-state index is 0.300. The van der Waals surface area contributed by atoms with Crippen molar-refractivity contribution < 1.29 is 5.11 Å². The smallest absolute Gasteiger partial charge is 0.0822 e. The maximum Gasteiger partial charge on any atom is 0.0822 e. The van der Waals surface area contributed by atoms with Crippen LogP contribution in [0.4, 0.5) is 0 Å². The molecule has 0 aliphatic heterocycles. The van der Waals surface area contributed by atoms with E-state index in [4.69, 9.17) is 11.6 Å². The predicted octanol–water partition coefficient (Wildman–Crippen LogP) is 2.87. The molecule has 1 aromatic rings. The molecule has 2 atom stereocenters. The molecule has 1 nitrogen and oxygen atoms in total. The minimum atomic E-state index is -0.326. The Balaban J connectivity index is 2.57. The molecule has 0 fully saturated rings. The van der Waals surface area contributed by atoms with Crippen molar-refractivity contribution in [1.82, 2.24) is 0 Å². The van der Waals surface area contributed by atoms with E-state index in [1.54, 1.807) is 0 Å². The van der Waals surface area contributed by atoms with Crippen LogP contribution < -0.4 is 0 Å². The highest BCUT2D eigenvalue weighted by molar-refractivity contribution is 6.31. The number of hydrogen-bond donors (Lipinski definition) is 1. The monoisotopic (exact) mass is 196 g/mol. The van der Waals surface area contributed by atoms with Gasteiger partial charge in [0.1, 0.15) is 0 Å². The highest BCUT2D eigenvalue weighted by Crippen LogP contribution is 2.39. The number of halogens is 1. The molecule has 0 amide bonds. The van der Waals surface area contributed by atoms with Gasteiger partial charge >= 0.3 is 0 Å². The summed E-state index contributed by atoms with van der Waals surface area (Å²) in [5.74, 6) is 0.300. The first kappa shape index (κ1) is 9.04. The van der Waals surface area contributed by atoms with Crippen LogP contribution in [0.5, 0.6) is 0 Å². The molecule has 0 unspecified atom stereocenters. The summed E-state index contributed by atoms with van der Waals surface area (Å²) in [6.45, 7) is 4.05. The van der Waals surface area contributed by atoms with Gasteiger partial charge < -0.3 is 5.11 Å². The summed E-state index contributed by atoms with van der Waals surface area (Å²) in [6, 6.07) is 4.00. The average Bonchev–Trinajstić information content (AvgIpc) is 2.32. The molecule has 0 aromatic heterocycles. The van der Waals surface area contributed by atoms with Crippen molar-refractivity contribution in [3.8, 4) is 0 Å². The zero-order valence-corrected chi connectivity index (χ0v) is 8.60. The fraction of sp³-hybridized carbons (Fsp3) is 0.455. The van der Waals surface area contributed by atoms with Crippen LogP contribution in [0.25, 0.3) is 0 Å². The van der Waals surface area contributed by atoms with E-state index in [1.165, 1.54) is 0 Å². The molecule has 1 N–H and O–H groups in total. The van der Waals surface area contributed by atoms with E-state index in [2.05, 4.69) is 6.92 Å². The summed E-state index contributed by atoms with van der Waals surface area (Å²) in [6.07, 6.45) is 0.572. The molecule has 0 radical (unpaired) electrons. The Morgan fingerprint density at radius 2 is 2.15 bits per heavy atom. The van der Waals surface area contributed by atoms with E-state index in [0.29, 0.717) is 5.92 Å². The van der Waals surface area contributed by atoms with E-state index in [0.717, 1.165) is 28.1 Å². The van der Waals surface area contributed by atoms with Gasteiger partial charge in [-0.25, -0.2) is 0 Å². The minimum Gasteiger partial charge on any atom is -0.388 e. The molecule has 0 saturated carbocycles. The summed E-state index contributed by atoms with van der Waals surface area (Å²) in [5, 5.41) is 10.6. The van der Waals surface area contributed by atoms with Crippen LogP contribution in [0.2, 0.25) is 5.02 Å². The van der Waals surface area contributed by atoms with Gasteiger partial charge in [-0.1, -0.05) is 24.6 Å². The molecule has 13 heavy (non-hydrogen) atoms. The molecule has 2 heteroatoms. The fourth-order valence-corrected chi connectivity index (χ4v) is 2.38. The van der Waals surface area contributed by atoms with Crippen LogP contribution in [0, 0.1) is 12.8 Å². The zero-order chi connectivity index (χ0) is 9.59. The number of aliphatic hydroxyl groups excluding tert-OH is 1. The van der Waals surface area contributed by atoms with Crippen molar-refractivity contribution >= 4 is 11.6 Å². The van der Waals surface area contributed by atoms with Crippen LogP contribution in [-0.4, -0.2) is 5.11 Å². The summed E-state index contributed by atoms with van der Waals surface area (Å²) < 4.78 is 0. The van der Waals surface area contributed by atoms with Gasteiger partial charge in [-0.3, -0.25) is 0 Å². The van der Waals surface area contributed by atoms with E-state index < -0.39 is 0 Å². The maximum absolute atomic E-state index is 9.84. The van der Waals surface area contributed by atoms with Gasteiger partial charge in [-0.2, -0.15) is 0 Å². The lowest BCUT2D eigenvalue weighted by Gasteiger charge is -2.08. The number of aryl methyl sites for hydroxylation is 1. The Morgan fingerprint density at radius 3 is 2.85 bits per heavy atom. The van der Waals surface area contributed by atoms with E-state index in [-0.39, 0.29) is 6.10 Å². The second-order valence-electron chi connectivity index (χ2n) is 3.94. The predicted molar refractivity (Wildman–Crippen MR) is 54.0 cm³/mol. The summed E-state index contributed by atoms with van der Waals surface area (Å²) in [5.41, 5.74) is 3.28. The SMILES string of the molecule is Cc1cc(Cl)c2c(c1)[C@@H](O)[C@@H](C)C2. The normalized spacial score (nSPS) is 26.2. The third-order valence-electron chi connectivity index (χ3n) is 2.76. The molecular formula is C11H13ClO. The second kappa shape index (κ2) is 3.00. The van der Waals surface area contributed by atoms with Crippen LogP contribution in [0.3, 0.4) is 0 Å². The molecule has 1 aliphatic rings. The molecule has 0 bridgehead atoms. The zero-order valence-electron chi connectivity index (χ0n) is 7.84. The highest BCUT2D eigenvalue weighted by Gasteiger charge is 2.29. The van der Waals surface area contributed by atoms with Crippen molar-refractivity contribution in [2.75, 3.05) is 0 Å². The lowest BCUT2D eigenvalue weighted by Crippen LogP contribution is -2.01. The van der Waals surface area contributed by atoms with Crippen LogP contribution in [0.1, 0.15) is 29.7 Å². The van der Waals surface area contributed by atoms with Gasteiger partial charge in [0, 0.05) is 5.02 Å². The largest absolute Gasteiger partial charge is 0.388 e. The van der Waals surface area contributed by atoms with Crippen LogP contribution in [0.15, 0.2) is 12.1 Å². The Kier molecular flexibility index (Phi) is 2.09. The first-order chi connectivity index (χ1) is 6.09. The van der Waals surface area contributed by atoms with Crippen LogP contribution >= 0.6 is 11.6 Å². The van der Waals surface area contributed by atoms with Gasteiger partial charge in [-0.15, -0.1) is 0 Å². The van der Waals surface area contributed by atoms with Crippen molar-refractivity contribution in [2.45, 2.75) is 26.4 Å². The second-order valence-corrected chi connectivity index (χ2v) is 4.35. The topological polar surface area (TPSA) is 20.2 Å². The standard InChI is InChI=1S/C11H13ClO/c1-6-3-9-8(10(12)4-6)5-7(2)11(9)13/h3-4,7,11,13H,5H2,1-2H3/t7-,11-/m0/s1. The van der Waals surface area contributed by atoms with Gasteiger partial charge in [0.25, 0.3) is 0 Å². The molecule has 0 heterocycles. The van der Waals surface area contributed by atoms with Crippen LogP contribution in [-0.2, 0) is 6.42 Å². The first-order valence-electron chi connectivity index (χ1n) is 4.56. The van der Waals surface area contributed by atoms with Gasteiger partial charge in [0.15, 0.2) is 0 Å². The summed E-state index contributed by atoms with van der Waals surface area (Å²) >= 11 is 6.09. The summed E-state index contributed by atoms with van der Waals surface area (Å²) in [7, 11) is 0. The Labute approximate surface area is 83.3 Å². The van der Waals surface area contributed by atoms with Crippen molar-refractivity contribution in [2.24, 2.45) is 5.92 Å². The number of benzene rings is 1. The molecule has 1 aromatic carbocycles. The average molecular weight is 197 g/mol. The lowest BCUT2D eigenvalue weighted by molar-refractivity contribution is 0.133. The molecule has 0 spiro atoms. The lowest BCUT2D eigenvalue weighted by atomic mass is 10.1. The first-order valence-corrected chi connectivity index (χ1v) is 4.94. The maximum atomic E-state index is 9.84. The molecule has 1 aliphatic carbocycles. The third-order valence-corrected chi connectivity index (χ3v) is 3.10. The molecule has 2 rings (SSSR count). The Hall–Kier alpha value is -0.530.